The minimum atomic E-state index is -0.773. The molecule has 3 rings (SSSR count). The zero-order valence-electron chi connectivity index (χ0n) is 14.2. The van der Waals surface area contributed by atoms with Gasteiger partial charge in [-0.15, -0.1) is 0 Å². The number of likely N-dealkylation sites (tertiary alicyclic amines) is 1. The van der Waals surface area contributed by atoms with Gasteiger partial charge in [0.15, 0.2) is 0 Å². The molecule has 5 nitrogen and oxygen atoms in total. The molecule has 0 saturated carbocycles. The third-order valence-electron chi connectivity index (χ3n) is 4.79. The lowest BCUT2D eigenvalue weighted by Crippen LogP contribution is -2.45. The highest BCUT2D eigenvalue weighted by atomic mass is 35.5. The maximum absolute atomic E-state index is 10.8. The molecule has 7 heteroatoms. The minimum Gasteiger partial charge on any atom is -0.487 e. The van der Waals surface area contributed by atoms with Crippen molar-refractivity contribution in [2.24, 2.45) is 0 Å². The summed E-state index contributed by atoms with van der Waals surface area (Å²) in [5, 5.41) is 10.1. The smallest absolute Gasteiger partial charge is 0.317 e. The van der Waals surface area contributed by atoms with Crippen LogP contribution in [-0.4, -0.2) is 66.8 Å². The van der Waals surface area contributed by atoms with Gasteiger partial charge in [-0.05, 0) is 56.8 Å². The van der Waals surface area contributed by atoms with E-state index in [2.05, 4.69) is 11.0 Å². The van der Waals surface area contributed by atoms with Gasteiger partial charge >= 0.3 is 5.97 Å². The minimum absolute atomic E-state index is 0.0992. The first kappa shape index (κ1) is 18.5. The molecule has 0 bridgehead atoms. The van der Waals surface area contributed by atoms with Crippen molar-refractivity contribution in [1.29, 1.82) is 0 Å². The number of carbonyl (C=O) groups is 1. The Hall–Kier alpha value is -1.27. The van der Waals surface area contributed by atoms with Crippen LogP contribution in [0.4, 0.5) is 0 Å². The molecule has 2 aliphatic rings. The van der Waals surface area contributed by atoms with Crippen molar-refractivity contribution in [1.82, 2.24) is 9.80 Å². The lowest BCUT2D eigenvalue weighted by Gasteiger charge is -2.36. The predicted molar refractivity (Wildman–Crippen MR) is 99.7 cm³/mol. The number of rotatable bonds is 5. The summed E-state index contributed by atoms with van der Waals surface area (Å²) >= 11 is 12.3. The number of likely N-dealkylation sites (N-methyl/N-ethyl adjacent to an activating group) is 1. The summed E-state index contributed by atoms with van der Waals surface area (Å²) in [6.07, 6.45) is 4.07. The van der Waals surface area contributed by atoms with E-state index in [0.717, 1.165) is 38.0 Å². The van der Waals surface area contributed by atoms with Crippen LogP contribution in [0.5, 0.6) is 5.75 Å². The third kappa shape index (κ3) is 4.67. The molecule has 25 heavy (non-hydrogen) atoms. The van der Waals surface area contributed by atoms with Gasteiger partial charge in [0, 0.05) is 23.2 Å². The van der Waals surface area contributed by atoms with Gasteiger partial charge in [0.2, 0.25) is 0 Å². The molecule has 0 spiro atoms. The number of carboxylic acids is 1. The van der Waals surface area contributed by atoms with Gasteiger partial charge in [-0.2, -0.15) is 0 Å². The van der Waals surface area contributed by atoms with Crippen molar-refractivity contribution in [2.45, 2.75) is 18.9 Å². The molecule has 0 radical (unpaired) electrons. The fourth-order valence-corrected chi connectivity index (χ4v) is 4.07. The average Bonchev–Trinajstić information content (AvgIpc) is 2.54. The third-order valence-corrected chi connectivity index (χ3v) is 5.29. The molecule has 2 aliphatic heterocycles. The Balaban J connectivity index is 1.57. The van der Waals surface area contributed by atoms with Crippen molar-refractivity contribution >= 4 is 35.2 Å². The van der Waals surface area contributed by atoms with Crippen molar-refractivity contribution in [3.63, 3.8) is 0 Å². The molecular formula is C18H22Cl2N2O3. The number of benzene rings is 1. The summed E-state index contributed by atoms with van der Waals surface area (Å²) in [7, 11) is 1.89. The Morgan fingerprint density at radius 2 is 2.08 bits per heavy atom. The normalized spacial score (nSPS) is 18.6. The fraction of sp³-hybridized carbons (Fsp3) is 0.500. The van der Waals surface area contributed by atoms with Crippen LogP contribution in [0.15, 0.2) is 17.7 Å². The molecule has 0 amide bonds. The van der Waals surface area contributed by atoms with Gasteiger partial charge in [-0.3, -0.25) is 14.6 Å². The molecule has 136 valence electrons. The Labute approximate surface area is 157 Å². The number of aliphatic carboxylic acids is 1. The number of nitrogens with zero attached hydrogens (tertiary/aromatic N) is 2. The lowest BCUT2D eigenvalue weighted by molar-refractivity contribution is -0.138. The molecule has 1 aromatic carbocycles. The fourth-order valence-electron chi connectivity index (χ4n) is 3.51. The van der Waals surface area contributed by atoms with Gasteiger partial charge in [0.25, 0.3) is 0 Å². The first-order chi connectivity index (χ1) is 11.9. The number of carboxylic acid groups (broad SMARTS) is 1. The zero-order valence-corrected chi connectivity index (χ0v) is 15.7. The summed E-state index contributed by atoms with van der Waals surface area (Å²) in [6, 6.07) is 3.90. The molecule has 1 N–H and O–H groups in total. The molecule has 1 aromatic rings. The van der Waals surface area contributed by atoms with E-state index in [-0.39, 0.29) is 6.54 Å². The Morgan fingerprint density at radius 3 is 2.76 bits per heavy atom. The number of hydrogen-bond acceptors (Lipinski definition) is 4. The van der Waals surface area contributed by atoms with Crippen LogP contribution in [0.3, 0.4) is 0 Å². The predicted octanol–water partition coefficient (Wildman–Crippen LogP) is 3.25. The number of hydrogen-bond donors (Lipinski definition) is 1. The molecule has 2 heterocycles. The summed E-state index contributed by atoms with van der Waals surface area (Å²) < 4.78 is 5.81. The van der Waals surface area contributed by atoms with Gasteiger partial charge < -0.3 is 9.84 Å². The van der Waals surface area contributed by atoms with Gasteiger partial charge in [-0.25, -0.2) is 0 Å². The molecule has 1 saturated heterocycles. The van der Waals surface area contributed by atoms with Crippen LogP contribution in [0.25, 0.3) is 6.08 Å². The molecule has 0 aromatic heterocycles. The van der Waals surface area contributed by atoms with Crippen molar-refractivity contribution in [3.8, 4) is 5.75 Å². The van der Waals surface area contributed by atoms with Crippen LogP contribution in [-0.2, 0) is 4.79 Å². The quantitative estimate of drug-likeness (QED) is 0.844. The largest absolute Gasteiger partial charge is 0.487 e. The zero-order chi connectivity index (χ0) is 18.0. The number of ether oxygens (including phenoxy) is 1. The van der Waals surface area contributed by atoms with Crippen LogP contribution in [0, 0.1) is 0 Å². The Bertz CT molecular complexity index is 685. The van der Waals surface area contributed by atoms with Crippen molar-refractivity contribution < 1.29 is 14.6 Å². The van der Waals surface area contributed by atoms with Crippen LogP contribution in [0.1, 0.15) is 18.4 Å². The maximum atomic E-state index is 10.8. The summed E-state index contributed by atoms with van der Waals surface area (Å²) in [4.78, 5) is 15.2. The molecule has 1 fully saturated rings. The second-order valence-electron chi connectivity index (χ2n) is 6.71. The topological polar surface area (TPSA) is 53.0 Å². The van der Waals surface area contributed by atoms with E-state index in [0.29, 0.717) is 28.4 Å². The maximum Gasteiger partial charge on any atom is 0.317 e. The van der Waals surface area contributed by atoms with E-state index in [1.807, 2.05) is 18.0 Å². The van der Waals surface area contributed by atoms with E-state index in [4.69, 9.17) is 33.0 Å². The monoisotopic (exact) mass is 384 g/mol. The first-order valence-electron chi connectivity index (χ1n) is 8.38. The lowest BCUT2D eigenvalue weighted by atomic mass is 10.0. The van der Waals surface area contributed by atoms with Crippen molar-refractivity contribution in [3.05, 3.63) is 33.3 Å². The Kier molecular flexibility index (Phi) is 5.89. The summed E-state index contributed by atoms with van der Waals surface area (Å²) in [5.41, 5.74) is 2.12. The highest BCUT2D eigenvalue weighted by molar-refractivity contribution is 6.36. The SMILES string of the molecule is CN(CC(=O)O)C1CCN(CC2=Cc3cc(Cl)cc(Cl)c3OC2)CC1. The van der Waals surface area contributed by atoms with E-state index in [1.165, 1.54) is 5.57 Å². The molecule has 0 atom stereocenters. The number of halogens is 2. The van der Waals surface area contributed by atoms with E-state index >= 15 is 0 Å². The van der Waals surface area contributed by atoms with Gasteiger partial charge in [0.1, 0.15) is 12.4 Å². The second kappa shape index (κ2) is 7.96. The van der Waals surface area contributed by atoms with E-state index < -0.39 is 5.97 Å². The highest BCUT2D eigenvalue weighted by Crippen LogP contribution is 2.36. The van der Waals surface area contributed by atoms with Gasteiger partial charge in [0.05, 0.1) is 11.6 Å². The van der Waals surface area contributed by atoms with Crippen LogP contribution >= 0.6 is 23.2 Å². The van der Waals surface area contributed by atoms with Crippen LogP contribution < -0.4 is 4.74 Å². The van der Waals surface area contributed by atoms with E-state index in [9.17, 15) is 4.79 Å². The highest BCUT2D eigenvalue weighted by Gasteiger charge is 2.25. The van der Waals surface area contributed by atoms with Gasteiger partial charge in [-0.1, -0.05) is 23.2 Å². The summed E-state index contributed by atoms with van der Waals surface area (Å²) in [5.74, 6) is -0.0748. The first-order valence-corrected chi connectivity index (χ1v) is 9.13. The molecular weight excluding hydrogens is 363 g/mol. The molecule has 0 aliphatic carbocycles. The molecule has 0 unspecified atom stereocenters. The summed E-state index contributed by atoms with van der Waals surface area (Å²) in [6.45, 7) is 3.39. The second-order valence-corrected chi connectivity index (χ2v) is 7.56. The Morgan fingerprint density at radius 1 is 1.36 bits per heavy atom. The standard InChI is InChI=1S/C18H22Cl2N2O3/c1-21(10-17(23)24)15-2-4-22(5-3-15)9-12-6-13-7-14(19)8-16(20)18(13)25-11-12/h6-8,15H,2-5,9-11H2,1H3,(H,23,24). The average molecular weight is 385 g/mol. The number of piperidine rings is 1. The van der Waals surface area contributed by atoms with Crippen molar-refractivity contribution in [2.75, 3.05) is 39.8 Å². The van der Waals surface area contributed by atoms with Crippen LogP contribution in [0.2, 0.25) is 10.0 Å². The van der Waals surface area contributed by atoms with E-state index in [1.54, 1.807) is 6.07 Å². The number of fused-ring (bicyclic) bond motifs is 1.